The van der Waals surface area contributed by atoms with Gasteiger partial charge in [0.2, 0.25) is 11.8 Å². The minimum atomic E-state index is -0.952. The summed E-state index contributed by atoms with van der Waals surface area (Å²) >= 11 is 0. The number of aliphatic carboxylic acids is 1. The third-order valence-electron chi connectivity index (χ3n) is 4.87. The fourth-order valence-corrected chi connectivity index (χ4v) is 3.94. The Hall–Kier alpha value is -1.59. The Morgan fingerprint density at radius 3 is 2.32 bits per heavy atom. The molecule has 6 heteroatoms. The number of piperidine rings is 1. The van der Waals surface area contributed by atoms with Crippen molar-refractivity contribution in [2.24, 2.45) is 5.92 Å². The zero-order valence-corrected chi connectivity index (χ0v) is 13.7. The number of hydrogen-bond acceptors (Lipinski definition) is 3. The molecule has 2 saturated heterocycles. The molecule has 6 nitrogen and oxygen atoms in total. The zero-order valence-electron chi connectivity index (χ0n) is 13.7. The van der Waals surface area contributed by atoms with Gasteiger partial charge in [-0.3, -0.25) is 9.59 Å². The normalized spacial score (nSPS) is 26.8. The summed E-state index contributed by atoms with van der Waals surface area (Å²) in [7, 11) is 0. The van der Waals surface area contributed by atoms with E-state index < -0.39 is 17.6 Å². The molecule has 0 radical (unpaired) electrons. The van der Waals surface area contributed by atoms with Crippen molar-refractivity contribution in [1.29, 1.82) is 0 Å². The summed E-state index contributed by atoms with van der Waals surface area (Å²) < 4.78 is 0. The number of rotatable bonds is 4. The Kier molecular flexibility index (Phi) is 4.78. The number of likely N-dealkylation sites (tertiary alicyclic amines) is 2. The van der Waals surface area contributed by atoms with E-state index in [4.69, 9.17) is 0 Å². The van der Waals surface area contributed by atoms with Crippen LogP contribution in [0.25, 0.3) is 0 Å². The number of nitrogens with zero attached hydrogens (tertiary/aromatic N) is 2. The number of carbonyl (C=O) groups is 3. The Labute approximate surface area is 131 Å². The predicted octanol–water partition coefficient (Wildman–Crippen LogP) is 1.49. The minimum Gasteiger partial charge on any atom is -0.480 e. The molecule has 0 bridgehead atoms. The minimum absolute atomic E-state index is 0.0940. The van der Waals surface area contributed by atoms with Gasteiger partial charge in [0.25, 0.3) is 0 Å². The molecule has 1 spiro atoms. The largest absolute Gasteiger partial charge is 0.480 e. The summed E-state index contributed by atoms with van der Waals surface area (Å²) in [5, 5.41) is 9.52. The van der Waals surface area contributed by atoms with Gasteiger partial charge >= 0.3 is 5.97 Å². The van der Waals surface area contributed by atoms with Crippen molar-refractivity contribution in [1.82, 2.24) is 9.80 Å². The second-order valence-corrected chi connectivity index (χ2v) is 6.89. The van der Waals surface area contributed by atoms with Crippen LogP contribution in [-0.4, -0.2) is 57.4 Å². The third-order valence-corrected chi connectivity index (χ3v) is 4.87. The van der Waals surface area contributed by atoms with Gasteiger partial charge in [-0.1, -0.05) is 13.8 Å². The Bertz CT molecular complexity index is 477. The second kappa shape index (κ2) is 6.26. The molecule has 1 N–H and O–H groups in total. The number of hydrogen-bond donors (Lipinski definition) is 1. The molecule has 2 aliphatic rings. The first kappa shape index (κ1) is 16.8. The van der Waals surface area contributed by atoms with Crippen LogP contribution in [-0.2, 0) is 14.4 Å². The molecule has 0 unspecified atom stereocenters. The summed E-state index contributed by atoms with van der Waals surface area (Å²) in [4.78, 5) is 39.7. The molecule has 2 rings (SSSR count). The van der Waals surface area contributed by atoms with E-state index in [0.29, 0.717) is 32.4 Å². The summed E-state index contributed by atoms with van der Waals surface area (Å²) in [5.41, 5.74) is -0.797. The standard InChI is InChI=1S/C16H26N2O4/c1-11(2)10-13(14(20)21)17-8-4-6-16(15(17)22)7-5-9-18(16)12(3)19/h11,13H,4-10H2,1-3H3,(H,20,21)/t13-,16+/m1/s1. The lowest BCUT2D eigenvalue weighted by Crippen LogP contribution is -2.64. The van der Waals surface area contributed by atoms with E-state index in [-0.39, 0.29) is 17.7 Å². The lowest BCUT2D eigenvalue weighted by Gasteiger charge is -2.46. The lowest BCUT2D eigenvalue weighted by atomic mass is 9.84. The topological polar surface area (TPSA) is 77.9 Å². The lowest BCUT2D eigenvalue weighted by molar-refractivity contribution is -0.163. The SMILES string of the molecule is CC(=O)N1CCC[C@]12CCCN([C@H](CC(C)C)C(=O)O)C2=O. The van der Waals surface area contributed by atoms with Gasteiger partial charge in [-0.2, -0.15) is 0 Å². The van der Waals surface area contributed by atoms with Crippen molar-refractivity contribution >= 4 is 17.8 Å². The van der Waals surface area contributed by atoms with Crippen molar-refractivity contribution in [2.75, 3.05) is 13.1 Å². The van der Waals surface area contributed by atoms with E-state index >= 15 is 0 Å². The fourth-order valence-electron chi connectivity index (χ4n) is 3.94. The van der Waals surface area contributed by atoms with Gasteiger partial charge in [0, 0.05) is 20.0 Å². The van der Waals surface area contributed by atoms with Crippen molar-refractivity contribution < 1.29 is 19.5 Å². The molecule has 0 aliphatic carbocycles. The molecule has 2 aliphatic heterocycles. The van der Waals surface area contributed by atoms with Crippen molar-refractivity contribution in [3.63, 3.8) is 0 Å². The van der Waals surface area contributed by atoms with Gasteiger partial charge in [-0.05, 0) is 38.0 Å². The van der Waals surface area contributed by atoms with Crippen molar-refractivity contribution in [3.05, 3.63) is 0 Å². The molecular formula is C16H26N2O4. The molecule has 124 valence electrons. The van der Waals surface area contributed by atoms with Gasteiger partial charge in [0.05, 0.1) is 0 Å². The van der Waals surface area contributed by atoms with E-state index in [9.17, 15) is 19.5 Å². The summed E-state index contributed by atoms with van der Waals surface area (Å²) in [6, 6.07) is -0.793. The van der Waals surface area contributed by atoms with Crippen LogP contribution in [0.3, 0.4) is 0 Å². The van der Waals surface area contributed by atoms with Crippen LogP contribution in [0.2, 0.25) is 0 Å². The highest BCUT2D eigenvalue weighted by atomic mass is 16.4. The zero-order chi connectivity index (χ0) is 16.5. The maximum Gasteiger partial charge on any atom is 0.326 e. The van der Waals surface area contributed by atoms with Gasteiger partial charge in [-0.25, -0.2) is 4.79 Å². The van der Waals surface area contributed by atoms with E-state index in [0.717, 1.165) is 12.8 Å². The smallest absolute Gasteiger partial charge is 0.326 e. The van der Waals surface area contributed by atoms with Crippen LogP contribution < -0.4 is 0 Å². The molecule has 0 aromatic heterocycles. The maximum atomic E-state index is 13.1. The van der Waals surface area contributed by atoms with Crippen molar-refractivity contribution in [3.8, 4) is 0 Å². The Morgan fingerprint density at radius 1 is 1.23 bits per heavy atom. The summed E-state index contributed by atoms with van der Waals surface area (Å²) in [6.45, 7) is 6.46. The third kappa shape index (κ3) is 2.83. The predicted molar refractivity (Wildman–Crippen MR) is 81.2 cm³/mol. The average Bonchev–Trinajstić information content (AvgIpc) is 2.84. The molecule has 2 heterocycles. The molecule has 0 aromatic rings. The van der Waals surface area contributed by atoms with E-state index in [2.05, 4.69) is 0 Å². The fraction of sp³-hybridized carbons (Fsp3) is 0.812. The number of carboxylic acid groups (broad SMARTS) is 1. The van der Waals surface area contributed by atoms with E-state index in [1.54, 1.807) is 4.90 Å². The van der Waals surface area contributed by atoms with Gasteiger partial charge in [0.1, 0.15) is 11.6 Å². The number of amides is 2. The Morgan fingerprint density at radius 2 is 1.82 bits per heavy atom. The highest BCUT2D eigenvalue weighted by molar-refractivity contribution is 5.94. The molecule has 2 amide bonds. The van der Waals surface area contributed by atoms with Crippen LogP contribution >= 0.6 is 0 Å². The second-order valence-electron chi connectivity index (χ2n) is 6.89. The molecular weight excluding hydrogens is 284 g/mol. The van der Waals surface area contributed by atoms with Crippen LogP contribution in [0.1, 0.15) is 52.9 Å². The molecule has 2 fully saturated rings. The number of carbonyl (C=O) groups excluding carboxylic acids is 2. The summed E-state index contributed by atoms with van der Waals surface area (Å²) in [5.74, 6) is -1.02. The first-order valence-corrected chi connectivity index (χ1v) is 8.11. The highest BCUT2D eigenvalue weighted by Gasteiger charge is 2.53. The quantitative estimate of drug-likeness (QED) is 0.853. The molecule has 22 heavy (non-hydrogen) atoms. The molecule has 0 saturated carbocycles. The van der Waals surface area contributed by atoms with E-state index in [1.165, 1.54) is 11.8 Å². The van der Waals surface area contributed by atoms with E-state index in [1.807, 2.05) is 13.8 Å². The van der Waals surface area contributed by atoms with Crippen LogP contribution in [0.15, 0.2) is 0 Å². The van der Waals surface area contributed by atoms with Gasteiger partial charge < -0.3 is 14.9 Å². The highest BCUT2D eigenvalue weighted by Crippen LogP contribution is 2.39. The first-order valence-electron chi connectivity index (χ1n) is 8.11. The first-order chi connectivity index (χ1) is 10.3. The number of carboxylic acids is 1. The van der Waals surface area contributed by atoms with Gasteiger partial charge in [0.15, 0.2) is 0 Å². The summed E-state index contributed by atoms with van der Waals surface area (Å²) in [6.07, 6.45) is 3.29. The monoisotopic (exact) mass is 310 g/mol. The average molecular weight is 310 g/mol. The Balaban J connectivity index is 2.29. The van der Waals surface area contributed by atoms with Crippen LogP contribution in [0.4, 0.5) is 0 Å². The molecule has 0 aromatic carbocycles. The van der Waals surface area contributed by atoms with Gasteiger partial charge in [-0.15, -0.1) is 0 Å². The van der Waals surface area contributed by atoms with Crippen LogP contribution in [0, 0.1) is 5.92 Å². The molecule has 2 atom stereocenters. The maximum absolute atomic E-state index is 13.1. The van der Waals surface area contributed by atoms with Crippen molar-refractivity contribution in [2.45, 2.75) is 64.5 Å². The van der Waals surface area contributed by atoms with Crippen LogP contribution in [0.5, 0.6) is 0 Å².